The highest BCUT2D eigenvalue weighted by atomic mass is 32.2. The summed E-state index contributed by atoms with van der Waals surface area (Å²) in [4.78, 5) is 28.0. The summed E-state index contributed by atoms with van der Waals surface area (Å²) in [7, 11) is 0. The maximum absolute atomic E-state index is 13.0. The number of hydrogen-bond acceptors (Lipinski definition) is 3. The van der Waals surface area contributed by atoms with Gasteiger partial charge in [-0.15, -0.1) is 11.8 Å². The monoisotopic (exact) mass is 365 g/mol. The number of aryl methyl sites for hydroxylation is 1. The zero-order chi connectivity index (χ0) is 18.7. The van der Waals surface area contributed by atoms with Crippen molar-refractivity contribution in [2.24, 2.45) is 0 Å². The molecule has 0 fully saturated rings. The van der Waals surface area contributed by atoms with E-state index in [9.17, 15) is 9.59 Å². The maximum Gasteiger partial charge on any atom is 0.268 e. The number of carbonyl (C=O) groups excluding carboxylic acids is 2. The van der Waals surface area contributed by atoms with Crippen molar-refractivity contribution in [2.75, 3.05) is 6.54 Å². The predicted molar refractivity (Wildman–Crippen MR) is 108 cm³/mol. The van der Waals surface area contributed by atoms with Crippen molar-refractivity contribution in [1.29, 1.82) is 0 Å². The van der Waals surface area contributed by atoms with Gasteiger partial charge in [-0.2, -0.15) is 0 Å². The van der Waals surface area contributed by atoms with Crippen LogP contribution in [0.15, 0.2) is 59.5 Å². The third kappa shape index (κ3) is 3.91. The average molecular weight is 365 g/mol. The molecule has 2 aromatic rings. The quantitative estimate of drug-likeness (QED) is 0.709. The number of thioether (sulfide) groups is 1. The van der Waals surface area contributed by atoms with E-state index in [0.29, 0.717) is 23.4 Å². The predicted octanol–water partition coefficient (Wildman–Crippen LogP) is 4.46. The van der Waals surface area contributed by atoms with Gasteiger partial charge >= 0.3 is 0 Å². The maximum atomic E-state index is 13.0. The molecule has 0 atom stereocenters. The number of benzene rings is 2. The van der Waals surface area contributed by atoms with E-state index in [1.807, 2.05) is 75.4 Å². The van der Waals surface area contributed by atoms with Crippen LogP contribution in [0, 0.1) is 6.92 Å². The molecule has 0 saturated heterocycles. The highest BCUT2D eigenvalue weighted by molar-refractivity contribution is 8.04. The topological polar surface area (TPSA) is 37.4 Å². The van der Waals surface area contributed by atoms with Gasteiger partial charge in [0.1, 0.15) is 0 Å². The molecule has 3 rings (SSSR count). The summed E-state index contributed by atoms with van der Waals surface area (Å²) in [5, 5.41) is 0.233. The zero-order valence-corrected chi connectivity index (χ0v) is 16.2. The molecule has 0 radical (unpaired) electrons. The Labute approximate surface area is 159 Å². The van der Waals surface area contributed by atoms with Crippen molar-refractivity contribution in [3.63, 3.8) is 0 Å². The van der Waals surface area contributed by atoms with Gasteiger partial charge in [0.15, 0.2) is 0 Å². The molecule has 2 amide bonds. The van der Waals surface area contributed by atoms with Crippen molar-refractivity contribution in [2.45, 2.75) is 32.4 Å². The van der Waals surface area contributed by atoms with Crippen LogP contribution in [0.3, 0.4) is 0 Å². The highest BCUT2D eigenvalue weighted by Gasteiger charge is 2.39. The van der Waals surface area contributed by atoms with Crippen molar-refractivity contribution < 1.29 is 9.59 Å². The molecule has 4 heteroatoms. The fourth-order valence-electron chi connectivity index (χ4n) is 2.96. The molecule has 0 unspecified atom stereocenters. The van der Waals surface area contributed by atoms with Crippen molar-refractivity contribution in [3.05, 3.63) is 76.2 Å². The third-order valence-corrected chi connectivity index (χ3v) is 5.37. The fourth-order valence-corrected chi connectivity index (χ4v) is 3.97. The summed E-state index contributed by atoms with van der Waals surface area (Å²) in [5.74, 6) is -0.349. The Kier molecular flexibility index (Phi) is 5.62. The van der Waals surface area contributed by atoms with Crippen LogP contribution in [-0.2, 0) is 16.0 Å². The molecule has 1 aliphatic heterocycles. The van der Waals surface area contributed by atoms with Gasteiger partial charge in [-0.3, -0.25) is 14.5 Å². The Bertz CT molecular complexity index is 838. The number of hydrogen-bond donors (Lipinski definition) is 0. The van der Waals surface area contributed by atoms with Crippen LogP contribution in [0.5, 0.6) is 0 Å². The summed E-state index contributed by atoms with van der Waals surface area (Å²) in [5.41, 5.74) is 3.61. The molecule has 0 aliphatic carbocycles. The van der Waals surface area contributed by atoms with Crippen LogP contribution in [0.25, 0.3) is 5.57 Å². The lowest BCUT2D eigenvalue weighted by atomic mass is 10.0. The average Bonchev–Trinajstić information content (AvgIpc) is 2.85. The van der Waals surface area contributed by atoms with Crippen LogP contribution in [0.4, 0.5) is 0 Å². The largest absolute Gasteiger partial charge is 0.274 e. The highest BCUT2D eigenvalue weighted by Crippen LogP contribution is 2.37. The van der Waals surface area contributed by atoms with E-state index in [0.717, 1.165) is 16.7 Å². The zero-order valence-electron chi connectivity index (χ0n) is 15.4. The lowest BCUT2D eigenvalue weighted by molar-refractivity contribution is -0.136. The smallest absolute Gasteiger partial charge is 0.268 e. The van der Waals surface area contributed by atoms with Crippen LogP contribution < -0.4 is 0 Å². The number of carbonyl (C=O) groups is 2. The summed E-state index contributed by atoms with van der Waals surface area (Å²) in [6.45, 7) is 6.48. The van der Waals surface area contributed by atoms with Crippen LogP contribution >= 0.6 is 11.8 Å². The first-order valence-electron chi connectivity index (χ1n) is 8.85. The second-order valence-corrected chi connectivity index (χ2v) is 8.32. The van der Waals surface area contributed by atoms with Gasteiger partial charge < -0.3 is 0 Å². The summed E-state index contributed by atoms with van der Waals surface area (Å²) in [6.07, 6.45) is 0.666. The molecular weight excluding hydrogens is 342 g/mol. The first-order valence-corrected chi connectivity index (χ1v) is 9.73. The molecule has 3 nitrogen and oxygen atoms in total. The van der Waals surface area contributed by atoms with Crippen LogP contribution in [0.1, 0.15) is 30.5 Å². The molecule has 1 heterocycles. The Morgan fingerprint density at radius 2 is 1.58 bits per heavy atom. The van der Waals surface area contributed by atoms with E-state index in [2.05, 4.69) is 0 Å². The van der Waals surface area contributed by atoms with E-state index in [4.69, 9.17) is 0 Å². The first kappa shape index (κ1) is 18.5. The molecule has 0 bridgehead atoms. The molecule has 0 N–H and O–H groups in total. The number of imide groups is 1. The van der Waals surface area contributed by atoms with E-state index >= 15 is 0 Å². The van der Waals surface area contributed by atoms with Crippen LogP contribution in [0.2, 0.25) is 0 Å². The van der Waals surface area contributed by atoms with Gasteiger partial charge in [-0.1, -0.05) is 74.0 Å². The number of amides is 2. The first-order chi connectivity index (χ1) is 12.5. The molecule has 134 valence electrons. The van der Waals surface area contributed by atoms with E-state index in [-0.39, 0.29) is 17.1 Å². The molecule has 2 aromatic carbocycles. The summed E-state index contributed by atoms with van der Waals surface area (Å²) >= 11 is 1.47. The van der Waals surface area contributed by atoms with Gasteiger partial charge in [0.25, 0.3) is 11.8 Å². The van der Waals surface area contributed by atoms with Gasteiger partial charge in [0.2, 0.25) is 0 Å². The lowest BCUT2D eigenvalue weighted by Crippen LogP contribution is -2.33. The Hall–Kier alpha value is -2.33. The minimum Gasteiger partial charge on any atom is -0.274 e. The minimum absolute atomic E-state index is 0.166. The van der Waals surface area contributed by atoms with E-state index in [1.165, 1.54) is 16.7 Å². The van der Waals surface area contributed by atoms with Gasteiger partial charge in [0, 0.05) is 11.8 Å². The Morgan fingerprint density at radius 1 is 0.923 bits per heavy atom. The second-order valence-electron chi connectivity index (χ2n) is 6.73. The fraction of sp³-hybridized carbons (Fsp3) is 0.273. The van der Waals surface area contributed by atoms with Crippen molar-refractivity contribution in [1.82, 2.24) is 4.90 Å². The van der Waals surface area contributed by atoms with Gasteiger partial charge in [-0.05, 0) is 24.5 Å². The lowest BCUT2D eigenvalue weighted by Gasteiger charge is -2.15. The molecule has 0 saturated carbocycles. The number of rotatable bonds is 6. The molecular formula is C22H23NO2S. The SMILES string of the molecule is Cc1ccc(C2=C(SC(C)C)C(=O)N(CCc3ccccc3)C2=O)cc1. The van der Waals surface area contributed by atoms with E-state index in [1.54, 1.807) is 0 Å². The van der Waals surface area contributed by atoms with Crippen molar-refractivity contribution in [3.8, 4) is 0 Å². The second kappa shape index (κ2) is 7.92. The van der Waals surface area contributed by atoms with Gasteiger partial charge in [-0.25, -0.2) is 0 Å². The Balaban J connectivity index is 1.88. The van der Waals surface area contributed by atoms with Crippen molar-refractivity contribution >= 4 is 29.1 Å². The summed E-state index contributed by atoms with van der Waals surface area (Å²) < 4.78 is 0. The van der Waals surface area contributed by atoms with Crippen LogP contribution in [-0.4, -0.2) is 28.5 Å². The molecule has 0 aromatic heterocycles. The number of nitrogens with zero attached hydrogens (tertiary/aromatic N) is 1. The minimum atomic E-state index is -0.182. The third-order valence-electron chi connectivity index (χ3n) is 4.29. The molecule has 0 spiro atoms. The molecule has 26 heavy (non-hydrogen) atoms. The normalized spacial score (nSPS) is 14.7. The Morgan fingerprint density at radius 3 is 2.19 bits per heavy atom. The standard InChI is InChI=1S/C22H23NO2S/c1-15(2)26-20-19(18-11-9-16(3)10-12-18)21(24)23(22(20)25)14-13-17-7-5-4-6-8-17/h4-12,15H,13-14H2,1-3H3. The molecule has 1 aliphatic rings. The summed E-state index contributed by atoms with van der Waals surface area (Å²) in [6, 6.07) is 17.7. The van der Waals surface area contributed by atoms with E-state index < -0.39 is 0 Å². The van der Waals surface area contributed by atoms with Gasteiger partial charge in [0.05, 0.1) is 10.5 Å².